The lowest BCUT2D eigenvalue weighted by Crippen LogP contribution is -2.49. The molecule has 1 saturated heterocycles. The molecule has 4 aromatic rings. The number of ether oxygens (including phenoxy) is 4. The van der Waals surface area contributed by atoms with Gasteiger partial charge in [0.05, 0.1) is 12.0 Å². The van der Waals surface area contributed by atoms with E-state index in [1.807, 2.05) is 6.07 Å². The van der Waals surface area contributed by atoms with Crippen LogP contribution in [0.4, 0.5) is 0 Å². The number of Topliss-reactive ketones (excluding diaryl/α,β-unsaturated/α-hetero) is 1. The van der Waals surface area contributed by atoms with E-state index in [1.54, 1.807) is 84.0 Å². The highest BCUT2D eigenvalue weighted by molar-refractivity contribution is 6.08. The molecule has 262 valence electrons. The molecular formula is C37H45N3O9. The quantitative estimate of drug-likeness (QED) is 0.0979. The maximum absolute atomic E-state index is 14.1. The van der Waals surface area contributed by atoms with E-state index in [-0.39, 0.29) is 18.7 Å². The minimum atomic E-state index is -2.15. The van der Waals surface area contributed by atoms with Crippen molar-refractivity contribution in [2.24, 2.45) is 11.3 Å². The number of carbonyl (C=O) groups excluding carboxylic acids is 3. The molecule has 1 aliphatic heterocycles. The Morgan fingerprint density at radius 3 is 2.27 bits per heavy atom. The summed E-state index contributed by atoms with van der Waals surface area (Å²) < 4.78 is 30.0. The molecule has 1 aliphatic rings. The fourth-order valence-electron chi connectivity index (χ4n) is 5.72. The molecule has 0 radical (unpaired) electrons. The van der Waals surface area contributed by atoms with Crippen LogP contribution in [0, 0.1) is 11.3 Å². The van der Waals surface area contributed by atoms with Gasteiger partial charge < -0.3 is 23.4 Å². The van der Waals surface area contributed by atoms with Crippen LogP contribution in [0.2, 0.25) is 0 Å². The molecule has 0 saturated carbocycles. The minimum Gasteiger partial charge on any atom is -0.493 e. The summed E-state index contributed by atoms with van der Waals surface area (Å²) in [5.74, 6) is -1.42. The molecule has 5 rings (SSSR count). The lowest BCUT2D eigenvalue weighted by Gasteiger charge is -2.34. The number of furan rings is 1. The fraction of sp³-hybridized carbons (Fsp3) is 0.514. The number of ketones is 1. The molecule has 0 amide bonds. The third-order valence-electron chi connectivity index (χ3n) is 8.32. The zero-order chi connectivity index (χ0) is 35.4. The van der Waals surface area contributed by atoms with Gasteiger partial charge in [-0.15, -0.1) is 5.10 Å². The predicted molar refractivity (Wildman–Crippen MR) is 181 cm³/mol. The van der Waals surface area contributed by atoms with E-state index in [4.69, 9.17) is 23.4 Å². The van der Waals surface area contributed by atoms with Crippen LogP contribution < -0.4 is 10.3 Å². The largest absolute Gasteiger partial charge is 0.493 e. The summed E-state index contributed by atoms with van der Waals surface area (Å²) >= 11 is 0. The van der Waals surface area contributed by atoms with Gasteiger partial charge in [-0.2, -0.15) is 0 Å². The van der Waals surface area contributed by atoms with Crippen LogP contribution in [0.25, 0.3) is 21.9 Å². The number of rotatable bonds is 12. The molecule has 3 heterocycles. The molecule has 0 atom stereocenters. The first-order valence-electron chi connectivity index (χ1n) is 16.7. The fourth-order valence-corrected chi connectivity index (χ4v) is 5.72. The van der Waals surface area contributed by atoms with Gasteiger partial charge in [0.1, 0.15) is 28.1 Å². The van der Waals surface area contributed by atoms with Crippen LogP contribution in [0.5, 0.6) is 5.75 Å². The first-order valence-corrected chi connectivity index (χ1v) is 16.7. The van der Waals surface area contributed by atoms with Gasteiger partial charge in [0.15, 0.2) is 17.0 Å². The lowest BCUT2D eigenvalue weighted by molar-refractivity contribution is -0.186. The Hall–Kier alpha value is -4.58. The number of aryl methyl sites for hydroxylation is 1. The van der Waals surface area contributed by atoms with Gasteiger partial charge in [0.25, 0.3) is 5.56 Å². The summed E-state index contributed by atoms with van der Waals surface area (Å²) in [5.41, 5.74) is -3.79. The Kier molecular flexibility index (Phi) is 10.6. The van der Waals surface area contributed by atoms with Crippen molar-refractivity contribution in [3.63, 3.8) is 0 Å². The minimum absolute atomic E-state index is 0.0477. The molecule has 1 fully saturated rings. The van der Waals surface area contributed by atoms with E-state index >= 15 is 0 Å². The van der Waals surface area contributed by atoms with E-state index in [9.17, 15) is 19.2 Å². The molecule has 49 heavy (non-hydrogen) atoms. The topological polar surface area (TPSA) is 149 Å². The van der Waals surface area contributed by atoms with Crippen LogP contribution >= 0.6 is 0 Å². The maximum atomic E-state index is 14.1. The molecule has 0 aliphatic carbocycles. The highest BCUT2D eigenvalue weighted by Gasteiger charge is 2.53. The van der Waals surface area contributed by atoms with Gasteiger partial charge in [-0.25, -0.2) is 4.68 Å². The van der Waals surface area contributed by atoms with E-state index < -0.39 is 46.3 Å². The molecule has 2 aromatic carbocycles. The average molecular weight is 676 g/mol. The number of hydrogen-bond acceptors (Lipinski definition) is 11. The van der Waals surface area contributed by atoms with E-state index in [1.165, 1.54) is 0 Å². The number of nitrogens with zero attached hydrogens (tertiary/aromatic N) is 3. The van der Waals surface area contributed by atoms with Crippen molar-refractivity contribution in [1.29, 1.82) is 0 Å². The first kappa shape index (κ1) is 35.7. The van der Waals surface area contributed by atoms with Crippen LogP contribution in [0.1, 0.15) is 84.2 Å². The average Bonchev–Trinajstić information content (AvgIpc) is 3.47. The van der Waals surface area contributed by atoms with Gasteiger partial charge in [0, 0.05) is 37.6 Å². The number of esters is 2. The number of aromatic nitrogens is 3. The van der Waals surface area contributed by atoms with Crippen molar-refractivity contribution in [2.45, 2.75) is 91.4 Å². The zero-order valence-corrected chi connectivity index (χ0v) is 29.1. The van der Waals surface area contributed by atoms with Gasteiger partial charge in [-0.1, -0.05) is 17.3 Å². The Labute approximate surface area is 285 Å². The van der Waals surface area contributed by atoms with Crippen molar-refractivity contribution >= 4 is 39.6 Å². The summed E-state index contributed by atoms with van der Waals surface area (Å²) in [5, 5.41) is 9.12. The molecule has 0 unspecified atom stereocenters. The van der Waals surface area contributed by atoms with Crippen LogP contribution in [-0.4, -0.2) is 63.7 Å². The molecular weight excluding hydrogens is 630 g/mol. The standard InChI is InChI=1S/C37H45N3O9/c1-35(2,3)48-33(43)37(34(44)49-36(4,5)6,16-17-40-32(42)27-9-7-8-10-28(27)38-39-40)23-29(41)31-21-25-11-12-26(22-30(25)47-31)46-20-15-24-13-18-45-19-14-24/h7-12,21-22,24H,13-20,23H2,1-6H3. The second-order valence-corrected chi connectivity index (χ2v) is 14.6. The summed E-state index contributed by atoms with van der Waals surface area (Å²) in [6, 6.07) is 13.6. The van der Waals surface area contributed by atoms with E-state index in [0.29, 0.717) is 40.1 Å². The van der Waals surface area contributed by atoms with Gasteiger partial charge >= 0.3 is 11.9 Å². The molecule has 0 spiro atoms. The third kappa shape index (κ3) is 8.91. The van der Waals surface area contributed by atoms with Crippen LogP contribution in [-0.2, 0) is 30.3 Å². The monoisotopic (exact) mass is 675 g/mol. The number of fused-ring (bicyclic) bond motifs is 2. The molecule has 12 heteroatoms. The molecule has 0 N–H and O–H groups in total. The highest BCUT2D eigenvalue weighted by Crippen LogP contribution is 2.37. The van der Waals surface area contributed by atoms with Gasteiger partial charge in [-0.3, -0.25) is 19.2 Å². The van der Waals surface area contributed by atoms with Crippen molar-refractivity contribution in [2.75, 3.05) is 19.8 Å². The van der Waals surface area contributed by atoms with Crippen molar-refractivity contribution in [3.05, 3.63) is 64.6 Å². The SMILES string of the molecule is CC(C)(C)OC(=O)C(CCn1nnc2ccccc2c1=O)(CC(=O)c1cc2ccc(OCCC3CCOCC3)cc2o1)C(=O)OC(C)(C)C. The lowest BCUT2D eigenvalue weighted by atomic mass is 9.78. The summed E-state index contributed by atoms with van der Waals surface area (Å²) in [6.45, 7) is 11.8. The number of hydrogen-bond donors (Lipinski definition) is 0. The molecule has 2 aromatic heterocycles. The van der Waals surface area contributed by atoms with Gasteiger partial charge in [0.2, 0.25) is 0 Å². The van der Waals surface area contributed by atoms with Crippen molar-refractivity contribution in [1.82, 2.24) is 15.0 Å². The smallest absolute Gasteiger partial charge is 0.324 e. The third-order valence-corrected chi connectivity index (χ3v) is 8.32. The first-order chi connectivity index (χ1) is 23.1. The Morgan fingerprint density at radius 2 is 1.59 bits per heavy atom. The Bertz CT molecular complexity index is 1850. The Balaban J connectivity index is 1.44. The normalized spacial score (nSPS) is 14.6. The number of carbonyl (C=O) groups is 3. The predicted octanol–water partition coefficient (Wildman–Crippen LogP) is 6.07. The van der Waals surface area contributed by atoms with Gasteiger partial charge in [-0.05, 0) is 103 Å². The zero-order valence-electron chi connectivity index (χ0n) is 29.1. The Morgan fingerprint density at radius 1 is 0.918 bits per heavy atom. The second-order valence-electron chi connectivity index (χ2n) is 14.6. The molecule has 0 bridgehead atoms. The van der Waals surface area contributed by atoms with E-state index in [0.717, 1.165) is 37.2 Å². The van der Waals surface area contributed by atoms with Crippen molar-refractivity contribution in [3.8, 4) is 5.75 Å². The summed E-state index contributed by atoms with van der Waals surface area (Å²) in [4.78, 5) is 55.4. The number of benzene rings is 2. The highest BCUT2D eigenvalue weighted by atomic mass is 16.6. The maximum Gasteiger partial charge on any atom is 0.324 e. The molecule has 12 nitrogen and oxygen atoms in total. The van der Waals surface area contributed by atoms with E-state index in [2.05, 4.69) is 10.3 Å². The van der Waals surface area contributed by atoms with Crippen LogP contribution in [0.3, 0.4) is 0 Å². The summed E-state index contributed by atoms with van der Waals surface area (Å²) in [7, 11) is 0. The summed E-state index contributed by atoms with van der Waals surface area (Å²) in [6.07, 6.45) is 1.98. The van der Waals surface area contributed by atoms with Crippen molar-refractivity contribution < 1.29 is 37.7 Å². The second kappa shape index (κ2) is 14.5. The van der Waals surface area contributed by atoms with Crippen LogP contribution in [0.15, 0.2) is 57.7 Å².